The molecule has 0 radical (unpaired) electrons. The number of nitrogens with two attached hydrogens (primary N) is 1. The minimum Gasteiger partial charge on any atom is -0.466 e. The maximum Gasteiger partial charge on any atom is 0.305 e. The molecule has 7 heteroatoms. The molecule has 1 rings (SSSR count). The molecular formula is C28H51NO5S. The summed E-state index contributed by atoms with van der Waals surface area (Å²) in [5.74, 6) is -0.0644. The lowest BCUT2D eigenvalue weighted by molar-refractivity contribution is -0.143. The Hall–Kier alpha value is -1.44. The third kappa shape index (κ3) is 20.5. The van der Waals surface area contributed by atoms with Gasteiger partial charge in [-0.25, -0.2) is 0 Å². The molecule has 0 spiro atoms. The van der Waals surface area contributed by atoms with Crippen LogP contribution in [0.4, 0.5) is 0 Å². The first-order chi connectivity index (χ1) is 16.9. The van der Waals surface area contributed by atoms with Gasteiger partial charge in [0.1, 0.15) is 0 Å². The summed E-state index contributed by atoms with van der Waals surface area (Å²) in [6.45, 7) is 5.60. The van der Waals surface area contributed by atoms with Crippen LogP contribution in [0.5, 0.6) is 0 Å². The largest absolute Gasteiger partial charge is 0.466 e. The molecule has 0 amide bonds. The maximum atomic E-state index is 11.3. The van der Waals surface area contributed by atoms with E-state index >= 15 is 0 Å². The van der Waals surface area contributed by atoms with Crippen molar-refractivity contribution in [3.63, 3.8) is 0 Å². The number of unbranched alkanes of at least 4 members (excludes halogenated alkanes) is 12. The number of benzene rings is 1. The topological polar surface area (TPSA) is 107 Å². The Morgan fingerprint density at radius 1 is 0.800 bits per heavy atom. The molecule has 1 aromatic carbocycles. The molecule has 0 aliphatic heterocycles. The van der Waals surface area contributed by atoms with Crippen molar-refractivity contribution in [1.29, 1.82) is 0 Å². The lowest BCUT2D eigenvalue weighted by Crippen LogP contribution is -2.06. The number of carbonyl (C=O) groups is 1. The number of hydrogen-bond acceptors (Lipinski definition) is 5. The SMILES string of the molecule is CCCCCCCCCCCCc1ccccc1S(=O)(=O)O.CCCCOC(=O)CCCCCN. The molecule has 0 aliphatic rings. The van der Waals surface area contributed by atoms with Gasteiger partial charge in [-0.15, -0.1) is 0 Å². The molecule has 0 saturated carbocycles. The van der Waals surface area contributed by atoms with Crippen LogP contribution in [-0.2, 0) is 26.1 Å². The summed E-state index contributed by atoms with van der Waals surface area (Å²) in [5.41, 5.74) is 6.05. The minimum absolute atomic E-state index is 0.0610. The molecule has 3 N–H and O–H groups in total. The monoisotopic (exact) mass is 513 g/mol. The van der Waals surface area contributed by atoms with Gasteiger partial charge >= 0.3 is 5.97 Å². The van der Waals surface area contributed by atoms with Crippen molar-refractivity contribution < 1.29 is 22.5 Å². The van der Waals surface area contributed by atoms with Gasteiger partial charge in [-0.1, -0.05) is 103 Å². The second-order valence-corrected chi connectivity index (χ2v) is 10.6. The smallest absolute Gasteiger partial charge is 0.305 e. The fourth-order valence-electron chi connectivity index (χ4n) is 3.76. The predicted octanol–water partition coefficient (Wildman–Crippen LogP) is 7.25. The van der Waals surface area contributed by atoms with Crippen molar-refractivity contribution in [1.82, 2.24) is 0 Å². The first kappa shape index (κ1) is 33.6. The summed E-state index contributed by atoms with van der Waals surface area (Å²) < 4.78 is 36.8. The number of ether oxygens (including phenoxy) is 1. The van der Waals surface area contributed by atoms with Crippen LogP contribution in [0, 0.1) is 0 Å². The van der Waals surface area contributed by atoms with Gasteiger partial charge in [-0.3, -0.25) is 9.35 Å². The van der Waals surface area contributed by atoms with Crippen LogP contribution in [0.3, 0.4) is 0 Å². The molecule has 35 heavy (non-hydrogen) atoms. The molecule has 0 saturated heterocycles. The van der Waals surface area contributed by atoms with E-state index in [-0.39, 0.29) is 10.9 Å². The summed E-state index contributed by atoms with van der Waals surface area (Å²) in [7, 11) is -4.10. The highest BCUT2D eigenvalue weighted by Gasteiger charge is 2.13. The highest BCUT2D eigenvalue weighted by Crippen LogP contribution is 2.18. The van der Waals surface area contributed by atoms with Gasteiger partial charge in [0.25, 0.3) is 10.1 Å². The molecule has 204 valence electrons. The minimum atomic E-state index is -4.10. The van der Waals surface area contributed by atoms with Gasteiger partial charge < -0.3 is 10.5 Å². The average molecular weight is 514 g/mol. The third-order valence-electron chi connectivity index (χ3n) is 5.90. The van der Waals surface area contributed by atoms with E-state index in [4.69, 9.17) is 10.5 Å². The van der Waals surface area contributed by atoms with E-state index in [0.717, 1.165) is 50.5 Å². The molecule has 1 aromatic rings. The van der Waals surface area contributed by atoms with Crippen LogP contribution in [0.25, 0.3) is 0 Å². The Morgan fingerprint density at radius 2 is 1.34 bits per heavy atom. The van der Waals surface area contributed by atoms with Crippen molar-refractivity contribution in [2.75, 3.05) is 13.2 Å². The molecule has 0 aromatic heterocycles. The Kier molecular flexibility index (Phi) is 22.0. The Morgan fingerprint density at radius 3 is 1.91 bits per heavy atom. The average Bonchev–Trinajstić information content (AvgIpc) is 2.83. The quantitative estimate of drug-likeness (QED) is 0.108. The molecular weight excluding hydrogens is 462 g/mol. The Labute approximate surface area is 215 Å². The molecule has 6 nitrogen and oxygen atoms in total. The van der Waals surface area contributed by atoms with Crippen LogP contribution < -0.4 is 5.73 Å². The summed E-state index contributed by atoms with van der Waals surface area (Å²) in [6.07, 6.45) is 18.8. The molecule has 0 fully saturated rings. The van der Waals surface area contributed by atoms with E-state index in [1.165, 1.54) is 57.4 Å². The Balaban J connectivity index is 0.000000761. The highest BCUT2D eigenvalue weighted by atomic mass is 32.2. The Bertz CT molecular complexity index is 737. The molecule has 0 heterocycles. The summed E-state index contributed by atoms with van der Waals surface area (Å²) in [6, 6.07) is 6.73. The highest BCUT2D eigenvalue weighted by molar-refractivity contribution is 7.85. The van der Waals surface area contributed by atoms with E-state index in [1.807, 2.05) is 6.07 Å². The number of carbonyl (C=O) groups excluding carboxylic acids is 1. The van der Waals surface area contributed by atoms with Gasteiger partial charge in [0.15, 0.2) is 0 Å². The summed E-state index contributed by atoms with van der Waals surface area (Å²) >= 11 is 0. The first-order valence-corrected chi connectivity index (χ1v) is 15.2. The third-order valence-corrected chi connectivity index (χ3v) is 6.85. The zero-order chi connectivity index (χ0) is 26.2. The van der Waals surface area contributed by atoms with Crippen molar-refractivity contribution in [3.8, 4) is 0 Å². The van der Waals surface area contributed by atoms with E-state index in [9.17, 15) is 17.8 Å². The number of aryl methyl sites for hydroxylation is 1. The summed E-state index contributed by atoms with van der Waals surface area (Å²) in [5, 5.41) is 0. The van der Waals surface area contributed by atoms with Gasteiger partial charge in [0, 0.05) is 6.42 Å². The van der Waals surface area contributed by atoms with Crippen molar-refractivity contribution in [2.45, 2.75) is 128 Å². The van der Waals surface area contributed by atoms with Gasteiger partial charge in [-0.2, -0.15) is 8.42 Å². The standard InChI is InChI=1S/C18H30O3S.C10H21NO2/c1-2-3-4-5-6-7-8-9-10-11-14-17-15-12-13-16-18(17)22(19,20)21;1-2-3-9-13-10(12)7-5-4-6-8-11/h12-13,15-16H,2-11,14H2,1H3,(H,19,20,21);2-9,11H2,1H3. The molecule has 0 bridgehead atoms. The maximum absolute atomic E-state index is 11.3. The van der Waals surface area contributed by atoms with Crippen LogP contribution in [0.15, 0.2) is 29.2 Å². The van der Waals surface area contributed by atoms with E-state index in [2.05, 4.69) is 13.8 Å². The van der Waals surface area contributed by atoms with Gasteiger partial charge in [-0.05, 0) is 50.3 Å². The number of esters is 1. The lowest BCUT2D eigenvalue weighted by Gasteiger charge is -2.07. The predicted molar refractivity (Wildman–Crippen MR) is 145 cm³/mol. The van der Waals surface area contributed by atoms with Crippen LogP contribution in [-0.4, -0.2) is 32.1 Å². The van der Waals surface area contributed by atoms with Gasteiger partial charge in [0.05, 0.1) is 11.5 Å². The second-order valence-electron chi connectivity index (χ2n) is 9.19. The number of hydrogen-bond donors (Lipinski definition) is 2. The van der Waals surface area contributed by atoms with Crippen molar-refractivity contribution in [2.24, 2.45) is 5.73 Å². The normalized spacial score (nSPS) is 11.1. The number of rotatable bonds is 20. The fraction of sp³-hybridized carbons (Fsp3) is 0.750. The fourth-order valence-corrected chi connectivity index (χ4v) is 4.51. The summed E-state index contributed by atoms with van der Waals surface area (Å²) in [4.78, 5) is 11.1. The van der Waals surface area contributed by atoms with Crippen LogP contribution in [0.1, 0.15) is 122 Å². The van der Waals surface area contributed by atoms with Crippen LogP contribution in [0.2, 0.25) is 0 Å². The second kappa shape index (κ2) is 23.0. The van der Waals surface area contributed by atoms with E-state index in [1.54, 1.807) is 12.1 Å². The van der Waals surface area contributed by atoms with Crippen LogP contribution >= 0.6 is 0 Å². The van der Waals surface area contributed by atoms with E-state index < -0.39 is 10.1 Å². The van der Waals surface area contributed by atoms with Crippen molar-refractivity contribution >= 4 is 16.1 Å². The van der Waals surface area contributed by atoms with Crippen molar-refractivity contribution in [3.05, 3.63) is 29.8 Å². The molecule has 0 unspecified atom stereocenters. The zero-order valence-electron chi connectivity index (χ0n) is 22.3. The molecule has 0 atom stereocenters. The molecule has 0 aliphatic carbocycles. The first-order valence-electron chi connectivity index (χ1n) is 13.8. The van der Waals surface area contributed by atoms with E-state index in [0.29, 0.717) is 26.0 Å². The lowest BCUT2D eigenvalue weighted by atomic mass is 10.0. The van der Waals surface area contributed by atoms with Gasteiger partial charge in [0.2, 0.25) is 0 Å². The zero-order valence-corrected chi connectivity index (χ0v) is 23.1.